The Hall–Kier alpha value is -1.83. The average molecular weight is 301 g/mol. The lowest BCUT2D eigenvalue weighted by atomic mass is 10.2. The third-order valence-corrected chi connectivity index (χ3v) is 4.21. The molecule has 108 valence electrons. The van der Waals surface area contributed by atoms with E-state index in [0.29, 0.717) is 24.3 Å². The number of aromatic nitrogens is 2. The molecule has 1 aromatic heterocycles. The van der Waals surface area contributed by atoms with Gasteiger partial charge >= 0.3 is 0 Å². The molecule has 5 heteroatoms. The van der Waals surface area contributed by atoms with Crippen LogP contribution >= 0.6 is 11.6 Å². The Morgan fingerprint density at radius 1 is 1.38 bits per heavy atom. The molecular weight excluding hydrogens is 284 g/mol. The molecule has 0 spiro atoms. The van der Waals surface area contributed by atoms with Gasteiger partial charge in [0.25, 0.3) is 0 Å². The van der Waals surface area contributed by atoms with Crippen LogP contribution in [0.25, 0.3) is 5.69 Å². The number of halogens is 1. The molecule has 0 atom stereocenters. The zero-order valence-electron chi connectivity index (χ0n) is 12.0. The average Bonchev–Trinajstić information content (AvgIpc) is 3.30. The van der Waals surface area contributed by atoms with Crippen LogP contribution in [0.5, 0.6) is 0 Å². The summed E-state index contributed by atoms with van der Waals surface area (Å²) in [5.41, 5.74) is 2.89. The first kappa shape index (κ1) is 14.1. The molecule has 1 saturated carbocycles. The predicted octanol–water partition coefficient (Wildman–Crippen LogP) is 3.32. The molecule has 1 heterocycles. The molecule has 0 saturated heterocycles. The Balaban J connectivity index is 1.89. The Morgan fingerprint density at radius 3 is 2.71 bits per heavy atom. The van der Waals surface area contributed by atoms with Crippen molar-refractivity contribution in [3.05, 3.63) is 46.7 Å². The van der Waals surface area contributed by atoms with Crippen LogP contribution in [-0.4, -0.2) is 27.3 Å². The van der Waals surface area contributed by atoms with Crippen LogP contribution in [0.4, 0.5) is 0 Å². The Kier molecular flexibility index (Phi) is 3.96. The molecule has 2 aromatic rings. The van der Waals surface area contributed by atoms with Crippen molar-refractivity contribution in [2.75, 3.05) is 6.54 Å². The molecule has 1 aromatic carbocycles. The van der Waals surface area contributed by atoms with E-state index in [0.717, 1.165) is 16.9 Å². The lowest BCUT2D eigenvalue weighted by molar-refractivity contribution is 0.286. The quantitative estimate of drug-likeness (QED) is 0.796. The van der Waals surface area contributed by atoms with Crippen molar-refractivity contribution < 1.29 is 0 Å². The summed E-state index contributed by atoms with van der Waals surface area (Å²) >= 11 is 6.52. The second-order valence-electron chi connectivity index (χ2n) is 5.40. The number of benzene rings is 1. The number of nitriles is 1. The van der Waals surface area contributed by atoms with E-state index < -0.39 is 0 Å². The standard InChI is InChI=1S/C16H17ClN4/c1-12-15(11-20(10-9-18)13-7-8-13)16(17)21(19-12)14-5-3-2-4-6-14/h2-6,13H,7-8,10-11H2,1H3. The van der Waals surface area contributed by atoms with Crippen molar-refractivity contribution in [2.45, 2.75) is 32.4 Å². The summed E-state index contributed by atoms with van der Waals surface area (Å²) in [5.74, 6) is 0. The summed E-state index contributed by atoms with van der Waals surface area (Å²) in [6, 6.07) is 12.6. The zero-order chi connectivity index (χ0) is 14.8. The van der Waals surface area contributed by atoms with Gasteiger partial charge in [0, 0.05) is 18.2 Å². The summed E-state index contributed by atoms with van der Waals surface area (Å²) in [7, 11) is 0. The predicted molar refractivity (Wildman–Crippen MR) is 82.4 cm³/mol. The fraction of sp³-hybridized carbons (Fsp3) is 0.375. The number of hydrogen-bond donors (Lipinski definition) is 0. The third kappa shape index (κ3) is 2.94. The van der Waals surface area contributed by atoms with Crippen molar-refractivity contribution in [1.29, 1.82) is 5.26 Å². The van der Waals surface area contributed by atoms with Crippen LogP contribution in [0, 0.1) is 18.3 Å². The molecule has 0 bridgehead atoms. The van der Waals surface area contributed by atoms with Crippen LogP contribution in [0.15, 0.2) is 30.3 Å². The van der Waals surface area contributed by atoms with E-state index in [2.05, 4.69) is 16.1 Å². The molecule has 4 nitrogen and oxygen atoms in total. The van der Waals surface area contributed by atoms with E-state index >= 15 is 0 Å². The maximum atomic E-state index is 8.97. The van der Waals surface area contributed by atoms with Crippen LogP contribution in [0.3, 0.4) is 0 Å². The van der Waals surface area contributed by atoms with E-state index in [1.165, 1.54) is 12.8 Å². The van der Waals surface area contributed by atoms with Crippen molar-refractivity contribution in [3.8, 4) is 11.8 Å². The van der Waals surface area contributed by atoms with Gasteiger partial charge in [-0.05, 0) is 31.9 Å². The highest BCUT2D eigenvalue weighted by Gasteiger charge is 2.30. The van der Waals surface area contributed by atoms with Crippen molar-refractivity contribution in [3.63, 3.8) is 0 Å². The summed E-state index contributed by atoms with van der Waals surface area (Å²) in [6.45, 7) is 3.10. The van der Waals surface area contributed by atoms with Crippen LogP contribution in [-0.2, 0) is 6.54 Å². The van der Waals surface area contributed by atoms with Gasteiger partial charge in [-0.3, -0.25) is 4.90 Å². The van der Waals surface area contributed by atoms with E-state index in [4.69, 9.17) is 16.9 Å². The van der Waals surface area contributed by atoms with Crippen molar-refractivity contribution >= 4 is 11.6 Å². The highest BCUT2D eigenvalue weighted by molar-refractivity contribution is 6.30. The maximum Gasteiger partial charge on any atom is 0.137 e. The van der Waals surface area contributed by atoms with Crippen molar-refractivity contribution in [1.82, 2.24) is 14.7 Å². The highest BCUT2D eigenvalue weighted by atomic mass is 35.5. The number of aryl methyl sites for hydroxylation is 1. The van der Waals surface area contributed by atoms with Gasteiger partial charge in [-0.1, -0.05) is 29.8 Å². The normalized spacial score (nSPS) is 14.4. The molecule has 0 amide bonds. The Morgan fingerprint density at radius 2 is 2.10 bits per heavy atom. The second-order valence-corrected chi connectivity index (χ2v) is 5.75. The first-order chi connectivity index (χ1) is 10.2. The zero-order valence-corrected chi connectivity index (χ0v) is 12.7. The maximum absolute atomic E-state index is 8.97. The molecule has 1 aliphatic rings. The number of nitrogens with zero attached hydrogens (tertiary/aromatic N) is 4. The van der Waals surface area contributed by atoms with Gasteiger partial charge in [0.05, 0.1) is 24.0 Å². The molecule has 21 heavy (non-hydrogen) atoms. The Bertz CT molecular complexity index is 668. The van der Waals surface area contributed by atoms with Crippen LogP contribution < -0.4 is 0 Å². The summed E-state index contributed by atoms with van der Waals surface area (Å²) < 4.78 is 1.77. The fourth-order valence-electron chi connectivity index (χ4n) is 2.50. The molecule has 0 aliphatic heterocycles. The minimum Gasteiger partial charge on any atom is -0.283 e. The SMILES string of the molecule is Cc1nn(-c2ccccc2)c(Cl)c1CN(CC#N)C1CC1. The molecule has 0 unspecified atom stereocenters. The van der Waals surface area contributed by atoms with E-state index in [1.54, 1.807) is 4.68 Å². The first-order valence-electron chi connectivity index (χ1n) is 7.11. The fourth-order valence-corrected chi connectivity index (χ4v) is 2.83. The molecule has 1 aliphatic carbocycles. The van der Waals surface area contributed by atoms with Gasteiger partial charge in [-0.2, -0.15) is 10.4 Å². The van der Waals surface area contributed by atoms with E-state index in [9.17, 15) is 0 Å². The lowest BCUT2D eigenvalue weighted by Crippen LogP contribution is -2.26. The lowest BCUT2D eigenvalue weighted by Gasteiger charge is -2.18. The topological polar surface area (TPSA) is 44.9 Å². The second kappa shape index (κ2) is 5.88. The summed E-state index contributed by atoms with van der Waals surface area (Å²) in [6.07, 6.45) is 2.34. The number of rotatable bonds is 5. The first-order valence-corrected chi connectivity index (χ1v) is 7.49. The van der Waals surface area contributed by atoms with Crippen LogP contribution in [0.1, 0.15) is 24.1 Å². The largest absolute Gasteiger partial charge is 0.283 e. The molecular formula is C16H17ClN4. The van der Waals surface area contributed by atoms with Gasteiger partial charge in [-0.25, -0.2) is 4.68 Å². The number of para-hydroxylation sites is 1. The van der Waals surface area contributed by atoms with Gasteiger partial charge < -0.3 is 0 Å². The van der Waals surface area contributed by atoms with Gasteiger partial charge in [-0.15, -0.1) is 0 Å². The van der Waals surface area contributed by atoms with Gasteiger partial charge in [0.2, 0.25) is 0 Å². The van der Waals surface area contributed by atoms with Gasteiger partial charge in [0.1, 0.15) is 5.15 Å². The van der Waals surface area contributed by atoms with Crippen LogP contribution in [0.2, 0.25) is 5.15 Å². The van der Waals surface area contributed by atoms with Gasteiger partial charge in [0.15, 0.2) is 0 Å². The highest BCUT2D eigenvalue weighted by Crippen LogP contribution is 2.31. The number of hydrogen-bond acceptors (Lipinski definition) is 3. The third-order valence-electron chi connectivity index (χ3n) is 3.82. The summed E-state index contributed by atoms with van der Waals surface area (Å²) in [4.78, 5) is 2.19. The minimum atomic E-state index is 0.441. The minimum absolute atomic E-state index is 0.441. The van der Waals surface area contributed by atoms with Crippen molar-refractivity contribution in [2.24, 2.45) is 0 Å². The van der Waals surface area contributed by atoms with E-state index in [-0.39, 0.29) is 0 Å². The monoisotopic (exact) mass is 300 g/mol. The molecule has 3 rings (SSSR count). The van der Waals surface area contributed by atoms with E-state index in [1.807, 2.05) is 37.3 Å². The smallest absolute Gasteiger partial charge is 0.137 e. The summed E-state index contributed by atoms with van der Waals surface area (Å²) in [5, 5.41) is 14.2. The Labute approximate surface area is 129 Å². The molecule has 1 fully saturated rings. The molecule has 0 radical (unpaired) electrons. The molecule has 0 N–H and O–H groups in total.